The fourth-order valence-corrected chi connectivity index (χ4v) is 18.7. The molecule has 0 saturated carbocycles. The van der Waals surface area contributed by atoms with Crippen LogP contribution in [0.15, 0.2) is 104 Å². The largest absolute Gasteiger partial charge is 0.388 e. The molecule has 2 aromatic rings. The smallest absolute Gasteiger partial charge is 0.329 e. The average molecular weight is 1760 g/mol. The summed E-state index contributed by atoms with van der Waals surface area (Å²) in [6.07, 6.45) is 22.9. The molecule has 0 aliphatic carbocycles. The standard InChI is InChI=1S/C18H31N2O5P.C17H30N3O5P.C15H25N2O4P.C15H25N2O3PS.C14H23N2O4P/c1-5-6-7-9-20-11-12(17(23)19-18(20)24)16-15(22)14(21)13(25-16)8-10-26(2,3)4;1-5-7-18-10-20-9-11(16(23)19-17(20)24)15-14(22)13(21)12(25-15)6-8-26(2,3)4;1-9-10(8-17(2)15(20)16-9)14-13(19)12(18)11(21-14)6-7-22(3,4)5;1-9-10(8-17(2)15(22)16-9)14-13(19)12(18)11(20-14)6-7-21(3,4)5;1-8-9(7-15-14(19)16-8)13-12(18)11(17)10(20-13)5-6-21(2,3)4/h11,13-16,21-22H,2,5-10H2,1,3-4H3,(H,19,23,24);9,12-15,18,21-22H,2,5-8,10H2,1,3-4H3,(H,19,23,24);8,11-14,18-19H,1,3,6-7H2,2,4-5H3,(H,16,20);8,11-14,18-19H,1,3,6-7H2,2,4-5H3,(H,16,22);7,10-13,17-18H,1-2,5-6H2,3-4H3,(H2,15,16,19)/t13-,14-,15-,16+;12-,13-,14-,15+;2*11-,12-,13-,14+;10-,11-,12-,13+/m11111/s1. The lowest BCUT2D eigenvalue weighted by atomic mass is 9.99. The molecular formula is C79H134N11O21P5S. The van der Waals surface area contributed by atoms with Gasteiger partial charge >= 0.3 is 23.4 Å². The number of hydrogen-bond donors (Lipinski definition) is 17. The summed E-state index contributed by atoms with van der Waals surface area (Å²) < 4.78 is 32.0. The van der Waals surface area contributed by atoms with E-state index in [-0.39, 0.29) is 36.0 Å². The third-order valence-electron chi connectivity index (χ3n) is 20.7. The molecule has 8 aliphatic heterocycles. The molecule has 10 rings (SSSR count). The third kappa shape index (κ3) is 29.3. The third-order valence-corrected chi connectivity index (χ3v) is 28.5. The molecule has 2 aromatic heterocycles. The minimum absolute atomic E-state index is 0.139. The lowest BCUT2D eigenvalue weighted by Gasteiger charge is -2.30. The second kappa shape index (κ2) is 43.3. The molecule has 8 aliphatic rings. The van der Waals surface area contributed by atoms with Crippen LogP contribution < -0.4 is 49.1 Å². The van der Waals surface area contributed by atoms with Crippen molar-refractivity contribution in [2.24, 2.45) is 0 Å². The molecule has 4 amide bonds. The maximum absolute atomic E-state index is 12.2. The molecule has 0 aromatic carbocycles. The highest BCUT2D eigenvalue weighted by Gasteiger charge is 2.50. The molecule has 10 heterocycles. The molecule has 20 atom stereocenters. The van der Waals surface area contributed by atoms with Crippen molar-refractivity contribution in [3.05, 3.63) is 137 Å². The predicted octanol–water partition coefficient (Wildman–Crippen LogP) is 2.45. The number of ether oxygens (including phenoxy) is 5. The van der Waals surface area contributed by atoms with Crippen LogP contribution >= 0.6 is 46.6 Å². The Morgan fingerprint density at radius 3 is 1.12 bits per heavy atom. The molecule has 662 valence electrons. The maximum Gasteiger partial charge on any atom is 0.329 e. The number of unbranched alkanes of at least 4 members (excludes halogenated alkanes) is 2. The van der Waals surface area contributed by atoms with Gasteiger partial charge in [0, 0.05) is 85.4 Å². The number of carbonyl (C=O) groups is 2. The summed E-state index contributed by atoms with van der Waals surface area (Å²) in [6.45, 7) is 32.0. The molecule has 5 fully saturated rings. The van der Waals surface area contributed by atoms with E-state index in [0.717, 1.165) is 63.0 Å². The number of thiocarbonyl (C=S) groups is 1. The van der Waals surface area contributed by atoms with Gasteiger partial charge < -0.3 is 110 Å². The summed E-state index contributed by atoms with van der Waals surface area (Å²) in [7, 11) is 3.42. The van der Waals surface area contributed by atoms with E-state index in [1.165, 1.54) is 32.6 Å². The van der Waals surface area contributed by atoms with Crippen LogP contribution in [0.3, 0.4) is 0 Å². The summed E-state index contributed by atoms with van der Waals surface area (Å²) in [5, 5.41) is 117. The zero-order chi connectivity index (χ0) is 88.1. The van der Waals surface area contributed by atoms with Gasteiger partial charge in [-0.3, -0.25) is 29.4 Å². The Balaban J connectivity index is 0.000000228. The minimum atomic E-state index is -1.29. The molecule has 0 unspecified atom stereocenters. The van der Waals surface area contributed by atoms with Gasteiger partial charge in [0.05, 0.1) is 48.3 Å². The highest BCUT2D eigenvalue weighted by molar-refractivity contribution is 7.80. The summed E-state index contributed by atoms with van der Waals surface area (Å²) in [4.78, 5) is 78.7. The van der Waals surface area contributed by atoms with Gasteiger partial charge in [-0.05, 0) is 161 Å². The van der Waals surface area contributed by atoms with Crippen molar-refractivity contribution < 1.29 is 84.3 Å². The van der Waals surface area contributed by atoms with E-state index in [4.69, 9.17) is 35.9 Å². The van der Waals surface area contributed by atoms with Crippen LogP contribution in [0.2, 0.25) is 0 Å². The first-order valence-corrected chi connectivity index (χ1v) is 55.0. The summed E-state index contributed by atoms with van der Waals surface area (Å²) in [6, 6.07) is -0.668. The van der Waals surface area contributed by atoms with E-state index < -0.39 is 173 Å². The topological polar surface area (TPSA) is 459 Å². The summed E-state index contributed by atoms with van der Waals surface area (Å²) in [5.74, 6) is 0. The van der Waals surface area contributed by atoms with Gasteiger partial charge in [-0.2, -0.15) is 0 Å². The van der Waals surface area contributed by atoms with E-state index in [9.17, 15) is 79.8 Å². The van der Waals surface area contributed by atoms with Crippen molar-refractivity contribution in [1.29, 1.82) is 0 Å². The number of urea groups is 2. The minimum Gasteiger partial charge on any atom is -0.388 e. The van der Waals surface area contributed by atoms with Crippen molar-refractivity contribution in [1.82, 2.24) is 55.5 Å². The van der Waals surface area contributed by atoms with E-state index in [1.54, 1.807) is 24.3 Å². The number of nitrogens with one attached hydrogen (secondary N) is 7. The monoisotopic (exact) mass is 1760 g/mol. The lowest BCUT2D eigenvalue weighted by molar-refractivity contribution is 0.00492. The fourth-order valence-electron chi connectivity index (χ4n) is 13.7. The Morgan fingerprint density at radius 2 is 0.761 bits per heavy atom. The van der Waals surface area contributed by atoms with E-state index in [1.807, 2.05) is 14.0 Å². The van der Waals surface area contributed by atoms with Gasteiger partial charge in [0.25, 0.3) is 11.1 Å². The predicted molar refractivity (Wildman–Crippen MR) is 482 cm³/mol. The van der Waals surface area contributed by atoms with Crippen LogP contribution in [0.4, 0.5) is 9.59 Å². The number of carbonyl (C=O) groups excluding carboxylic acids is 2. The number of aliphatic hydroxyl groups is 10. The molecule has 117 heavy (non-hydrogen) atoms. The number of amides is 4. The van der Waals surface area contributed by atoms with E-state index in [0.29, 0.717) is 77.6 Å². The zero-order valence-corrected chi connectivity index (χ0v) is 75.8. The number of H-pyrrole nitrogens is 2. The van der Waals surface area contributed by atoms with Gasteiger partial charge in [0.2, 0.25) is 0 Å². The van der Waals surface area contributed by atoms with Crippen LogP contribution in [0, 0.1) is 0 Å². The molecular weight excluding hydrogens is 1630 g/mol. The Kier molecular flexibility index (Phi) is 37.3. The Bertz CT molecular complexity index is 4210. The zero-order valence-electron chi connectivity index (χ0n) is 70.5. The number of hydrogen-bond acceptors (Lipinski definition) is 23. The van der Waals surface area contributed by atoms with Gasteiger partial charge in [0.15, 0.2) is 5.11 Å². The first kappa shape index (κ1) is 101. The number of aromatic nitrogens is 4. The Labute approximate surface area is 693 Å². The van der Waals surface area contributed by atoms with Crippen LogP contribution in [0.5, 0.6) is 0 Å². The first-order chi connectivity index (χ1) is 54.2. The number of aliphatic hydroxyl groups excluding tert-OH is 10. The van der Waals surface area contributed by atoms with Crippen molar-refractivity contribution in [3.8, 4) is 0 Å². The molecule has 0 radical (unpaired) electrons. The van der Waals surface area contributed by atoms with Crippen molar-refractivity contribution in [2.45, 2.75) is 207 Å². The summed E-state index contributed by atoms with van der Waals surface area (Å²) >= 11 is 5.14. The van der Waals surface area contributed by atoms with Crippen LogP contribution in [-0.2, 0) is 36.9 Å². The molecule has 0 bridgehead atoms. The van der Waals surface area contributed by atoms with Gasteiger partial charge in [0.1, 0.15) is 91.6 Å². The molecule has 17 N–H and O–H groups in total. The maximum atomic E-state index is 12.2. The average Bonchev–Trinajstić information content (AvgIpc) is 1.51. The molecule has 38 heteroatoms. The second-order valence-electron chi connectivity index (χ2n) is 34.7. The molecule has 0 spiro atoms. The Morgan fingerprint density at radius 1 is 0.436 bits per heavy atom. The first-order valence-electron chi connectivity index (χ1n) is 39.4. The van der Waals surface area contributed by atoms with Crippen molar-refractivity contribution in [2.75, 3.05) is 118 Å². The quantitative estimate of drug-likeness (QED) is 0.0330. The van der Waals surface area contributed by atoms with Gasteiger partial charge in [-0.1, -0.05) is 46.4 Å². The number of aryl methyl sites for hydroxylation is 1. The molecule has 32 nitrogen and oxygen atoms in total. The van der Waals surface area contributed by atoms with Crippen LogP contribution in [-0.4, -0.2) is 357 Å². The van der Waals surface area contributed by atoms with E-state index in [2.05, 4.69) is 161 Å². The van der Waals surface area contributed by atoms with Crippen LogP contribution in [0.25, 0.3) is 0 Å². The highest BCUT2D eigenvalue weighted by atomic mass is 32.1. The van der Waals surface area contributed by atoms with Gasteiger partial charge in [-0.15, -0.1) is 65.9 Å². The highest BCUT2D eigenvalue weighted by Crippen LogP contribution is 2.45. The number of aromatic amines is 2. The Hall–Kier alpha value is -5.11. The van der Waals surface area contributed by atoms with Gasteiger partial charge in [-0.25, -0.2) is 19.2 Å². The number of rotatable bonds is 28. The van der Waals surface area contributed by atoms with Crippen molar-refractivity contribution >= 4 is 95.3 Å². The molecule has 5 saturated heterocycles. The normalized spacial score (nSPS) is 30.1. The van der Waals surface area contributed by atoms with Crippen molar-refractivity contribution in [3.63, 3.8) is 0 Å². The van der Waals surface area contributed by atoms with Crippen LogP contribution in [0.1, 0.15) is 95.0 Å². The van der Waals surface area contributed by atoms with E-state index >= 15 is 0 Å². The SMILES string of the molecule is C=C1NC(=O)N(C)C=C1[C@@H]1O[C@H](CCP(=C)(C)C)[C@@H](O)[C@H]1O.C=C1NC(=O)NC=C1[C@@H]1O[C@H](CCP(=C)(C)C)[C@@H](O)[C@H]1O.C=C1NC(=S)N(C)C=C1[C@@H]1O[C@H](CCP(=C)(C)C)[C@@H](O)[C@H]1O.C=P(C)(C)CC[C@H]1O[C@@H](c2cn(CCCCC)c(=O)[nH]c2=O)[C@H](O)[C@@H]1O.C=P(C)(C)CC[C@H]1O[C@@H](c2cn(CNCCC)c(=O)[nH]c2=O)[C@H](O)[C@@H]1O. The number of nitrogens with zero attached hydrogens (tertiary/aromatic N) is 4. The summed E-state index contributed by atoms with van der Waals surface area (Å²) in [5.41, 5.74) is 1.35. The lowest BCUT2D eigenvalue weighted by Crippen LogP contribution is -2.42. The second-order valence-corrected chi connectivity index (χ2v) is 56.7. The fraction of sp³-hybridized carbons (Fsp3) is 0.646.